The molecule has 2 aromatic rings. The Bertz CT molecular complexity index is 743. The van der Waals surface area contributed by atoms with Gasteiger partial charge in [-0.15, -0.1) is 0 Å². The molecule has 1 atom stereocenters. The molecule has 1 aromatic carbocycles. The first-order valence-electron chi connectivity index (χ1n) is 8.42. The molecule has 0 bridgehead atoms. The first-order chi connectivity index (χ1) is 12.2. The Labute approximate surface area is 146 Å². The second kappa shape index (κ2) is 7.79. The van der Waals surface area contributed by atoms with Gasteiger partial charge < -0.3 is 15.4 Å². The lowest BCUT2D eigenvalue weighted by Crippen LogP contribution is -2.40. The number of rotatable bonds is 4. The van der Waals surface area contributed by atoms with Gasteiger partial charge in [-0.3, -0.25) is 4.79 Å². The van der Waals surface area contributed by atoms with Crippen LogP contribution >= 0.6 is 0 Å². The summed E-state index contributed by atoms with van der Waals surface area (Å²) in [5, 5.41) is 0. The number of carbonyl (C=O) groups excluding carboxylic acids is 2. The maximum absolute atomic E-state index is 12.9. The van der Waals surface area contributed by atoms with Crippen molar-refractivity contribution in [3.05, 3.63) is 59.9 Å². The van der Waals surface area contributed by atoms with Gasteiger partial charge in [0.15, 0.2) is 5.69 Å². The fourth-order valence-corrected chi connectivity index (χ4v) is 2.92. The van der Waals surface area contributed by atoms with Gasteiger partial charge in [-0.1, -0.05) is 30.3 Å². The van der Waals surface area contributed by atoms with Gasteiger partial charge in [0.05, 0.1) is 5.69 Å². The third kappa shape index (κ3) is 3.96. The zero-order chi connectivity index (χ0) is 17.6. The van der Waals surface area contributed by atoms with Crippen molar-refractivity contribution in [2.45, 2.75) is 25.4 Å². The van der Waals surface area contributed by atoms with Crippen molar-refractivity contribution < 1.29 is 14.3 Å². The van der Waals surface area contributed by atoms with E-state index in [2.05, 4.69) is 4.98 Å². The SMILES string of the molecule is Nc1cccnc1C(=O)O[C@@H](C(=O)N1CCCCC1)c1ccccc1. The molecular formula is C19H21N3O3. The molecule has 1 aliphatic heterocycles. The quantitative estimate of drug-likeness (QED) is 0.865. The van der Waals surface area contributed by atoms with E-state index in [1.165, 1.54) is 6.20 Å². The molecule has 0 unspecified atom stereocenters. The van der Waals surface area contributed by atoms with Crippen molar-refractivity contribution in [1.29, 1.82) is 0 Å². The minimum atomic E-state index is -0.992. The van der Waals surface area contributed by atoms with E-state index in [4.69, 9.17) is 10.5 Å². The topological polar surface area (TPSA) is 85.5 Å². The molecule has 0 aliphatic carbocycles. The van der Waals surface area contributed by atoms with Gasteiger partial charge in [0, 0.05) is 24.8 Å². The number of hydrogen-bond acceptors (Lipinski definition) is 5. The van der Waals surface area contributed by atoms with Crippen molar-refractivity contribution >= 4 is 17.6 Å². The summed E-state index contributed by atoms with van der Waals surface area (Å²) in [6, 6.07) is 12.3. The Morgan fingerprint density at radius 1 is 1.04 bits per heavy atom. The second-order valence-electron chi connectivity index (χ2n) is 6.02. The molecule has 1 saturated heterocycles. The number of aromatic nitrogens is 1. The van der Waals surface area contributed by atoms with Gasteiger partial charge in [0.2, 0.25) is 6.10 Å². The minimum absolute atomic E-state index is 0.0230. The molecule has 1 aromatic heterocycles. The Hall–Kier alpha value is -2.89. The van der Waals surface area contributed by atoms with Crippen LogP contribution in [-0.2, 0) is 9.53 Å². The van der Waals surface area contributed by atoms with Crippen molar-refractivity contribution in [2.75, 3.05) is 18.8 Å². The normalized spacial score (nSPS) is 15.4. The molecule has 25 heavy (non-hydrogen) atoms. The van der Waals surface area contributed by atoms with E-state index in [0.717, 1.165) is 19.3 Å². The Morgan fingerprint density at radius 2 is 1.76 bits per heavy atom. The number of nitrogens with zero attached hydrogens (tertiary/aromatic N) is 2. The van der Waals surface area contributed by atoms with E-state index >= 15 is 0 Å². The van der Waals surface area contributed by atoms with Crippen LogP contribution in [-0.4, -0.2) is 34.8 Å². The second-order valence-corrected chi connectivity index (χ2v) is 6.02. The zero-order valence-corrected chi connectivity index (χ0v) is 13.9. The van der Waals surface area contributed by atoms with E-state index in [1.807, 2.05) is 18.2 Å². The van der Waals surface area contributed by atoms with Crippen LogP contribution in [0.2, 0.25) is 0 Å². The maximum atomic E-state index is 12.9. The number of amides is 1. The summed E-state index contributed by atoms with van der Waals surface area (Å²) in [4.78, 5) is 31.2. The highest BCUT2D eigenvalue weighted by molar-refractivity contribution is 5.95. The van der Waals surface area contributed by atoms with Crippen molar-refractivity contribution in [3.63, 3.8) is 0 Å². The predicted molar refractivity (Wildman–Crippen MR) is 93.7 cm³/mol. The summed E-state index contributed by atoms with van der Waals surface area (Å²) in [6.07, 6.45) is 3.53. The number of likely N-dealkylation sites (tertiary alicyclic amines) is 1. The number of carbonyl (C=O) groups is 2. The first kappa shape index (κ1) is 17.0. The number of nitrogens with two attached hydrogens (primary N) is 1. The van der Waals surface area contributed by atoms with E-state index in [1.54, 1.807) is 29.2 Å². The fraction of sp³-hybridized carbons (Fsp3) is 0.316. The Kier molecular flexibility index (Phi) is 5.28. The number of piperidine rings is 1. The number of ether oxygens (including phenoxy) is 1. The van der Waals surface area contributed by atoms with Gasteiger partial charge in [-0.2, -0.15) is 0 Å². The van der Waals surface area contributed by atoms with Crippen LogP contribution in [0.1, 0.15) is 41.4 Å². The van der Waals surface area contributed by atoms with Gasteiger partial charge in [-0.25, -0.2) is 9.78 Å². The standard InChI is InChI=1S/C19H21N3O3/c20-15-10-7-11-21-16(15)19(24)25-17(14-8-3-1-4-9-14)18(23)22-12-5-2-6-13-22/h1,3-4,7-11,17H,2,5-6,12-13,20H2/t17-/m1/s1. The summed E-state index contributed by atoms with van der Waals surface area (Å²) in [6.45, 7) is 1.37. The maximum Gasteiger partial charge on any atom is 0.360 e. The number of anilines is 1. The number of pyridine rings is 1. The molecule has 1 amide bonds. The lowest BCUT2D eigenvalue weighted by Gasteiger charge is -2.30. The van der Waals surface area contributed by atoms with Gasteiger partial charge in [0.1, 0.15) is 0 Å². The monoisotopic (exact) mass is 339 g/mol. The zero-order valence-electron chi connectivity index (χ0n) is 13.9. The van der Waals surface area contributed by atoms with Crippen molar-refractivity contribution in [3.8, 4) is 0 Å². The van der Waals surface area contributed by atoms with E-state index in [9.17, 15) is 9.59 Å². The summed E-state index contributed by atoms with van der Waals surface area (Å²) in [5.41, 5.74) is 6.69. The summed E-state index contributed by atoms with van der Waals surface area (Å²) in [5.74, 6) is -0.897. The molecule has 0 spiro atoms. The Morgan fingerprint density at radius 3 is 2.44 bits per heavy atom. The molecule has 0 radical (unpaired) electrons. The van der Waals surface area contributed by atoms with Crippen LogP contribution in [0.4, 0.5) is 5.69 Å². The van der Waals surface area contributed by atoms with E-state index in [-0.39, 0.29) is 17.3 Å². The van der Waals surface area contributed by atoms with Gasteiger partial charge in [-0.05, 0) is 31.4 Å². The van der Waals surface area contributed by atoms with Gasteiger partial charge >= 0.3 is 5.97 Å². The molecule has 130 valence electrons. The van der Waals surface area contributed by atoms with Crippen molar-refractivity contribution in [2.24, 2.45) is 0 Å². The van der Waals surface area contributed by atoms with Crippen LogP contribution in [0.25, 0.3) is 0 Å². The van der Waals surface area contributed by atoms with Gasteiger partial charge in [0.25, 0.3) is 5.91 Å². The predicted octanol–water partition coefficient (Wildman–Crippen LogP) is 2.57. The molecule has 1 fully saturated rings. The minimum Gasteiger partial charge on any atom is -0.442 e. The average molecular weight is 339 g/mol. The number of nitrogen functional groups attached to an aromatic ring is 1. The van der Waals surface area contributed by atoms with E-state index < -0.39 is 12.1 Å². The van der Waals surface area contributed by atoms with E-state index in [0.29, 0.717) is 18.7 Å². The highest BCUT2D eigenvalue weighted by atomic mass is 16.5. The highest BCUT2D eigenvalue weighted by Crippen LogP contribution is 2.24. The van der Waals surface area contributed by atoms with Crippen LogP contribution in [0.5, 0.6) is 0 Å². The third-order valence-electron chi connectivity index (χ3n) is 4.25. The lowest BCUT2D eigenvalue weighted by atomic mass is 10.1. The van der Waals surface area contributed by atoms with Crippen LogP contribution < -0.4 is 5.73 Å². The van der Waals surface area contributed by atoms with Crippen LogP contribution in [0.3, 0.4) is 0 Å². The molecule has 0 saturated carbocycles. The van der Waals surface area contributed by atoms with Crippen LogP contribution in [0, 0.1) is 0 Å². The first-order valence-corrected chi connectivity index (χ1v) is 8.42. The number of benzene rings is 1. The summed E-state index contributed by atoms with van der Waals surface area (Å²) in [7, 11) is 0. The molecule has 2 N–H and O–H groups in total. The number of esters is 1. The average Bonchev–Trinajstić information content (AvgIpc) is 2.67. The smallest absolute Gasteiger partial charge is 0.360 e. The molecular weight excluding hydrogens is 318 g/mol. The molecule has 2 heterocycles. The molecule has 6 heteroatoms. The summed E-state index contributed by atoms with van der Waals surface area (Å²) < 4.78 is 5.55. The lowest BCUT2D eigenvalue weighted by molar-refractivity contribution is -0.142. The van der Waals surface area contributed by atoms with Crippen molar-refractivity contribution in [1.82, 2.24) is 9.88 Å². The number of hydrogen-bond donors (Lipinski definition) is 1. The fourth-order valence-electron chi connectivity index (χ4n) is 2.92. The molecule has 6 nitrogen and oxygen atoms in total. The Balaban J connectivity index is 1.85. The molecule has 3 rings (SSSR count). The third-order valence-corrected chi connectivity index (χ3v) is 4.25. The highest BCUT2D eigenvalue weighted by Gasteiger charge is 2.31. The molecule has 1 aliphatic rings. The summed E-state index contributed by atoms with van der Waals surface area (Å²) >= 11 is 0. The largest absolute Gasteiger partial charge is 0.442 e. The van der Waals surface area contributed by atoms with Crippen LogP contribution in [0.15, 0.2) is 48.7 Å².